The molecule has 2 aromatic rings. The van der Waals surface area contributed by atoms with Crippen molar-refractivity contribution in [1.82, 2.24) is 0 Å². The third kappa shape index (κ3) is 3.91. The molecule has 0 saturated carbocycles. The first kappa shape index (κ1) is 19.6. The summed E-state index contributed by atoms with van der Waals surface area (Å²) in [5.74, 6) is -1.62. The summed E-state index contributed by atoms with van der Waals surface area (Å²) in [6.07, 6.45) is 0.170. The van der Waals surface area contributed by atoms with Crippen LogP contribution in [0.3, 0.4) is 0 Å². The average Bonchev–Trinajstić information content (AvgIpc) is 3.04. The monoisotopic (exact) mass is 380 g/mol. The number of nitrogens with one attached hydrogen (secondary N) is 1. The summed E-state index contributed by atoms with van der Waals surface area (Å²) in [5.41, 5.74) is 2.13. The fourth-order valence-corrected chi connectivity index (χ4v) is 3.20. The molecule has 2 N–H and O–H groups in total. The normalized spacial score (nSPS) is 16.9. The van der Waals surface area contributed by atoms with Crippen molar-refractivity contribution in [3.8, 4) is 0 Å². The van der Waals surface area contributed by atoms with Crippen molar-refractivity contribution in [3.05, 3.63) is 59.7 Å². The van der Waals surface area contributed by atoms with Crippen LogP contribution in [0.4, 0.5) is 11.4 Å². The van der Waals surface area contributed by atoms with Crippen LogP contribution in [0, 0.1) is 12.8 Å². The van der Waals surface area contributed by atoms with Gasteiger partial charge in [0.05, 0.1) is 11.3 Å². The number of carboxylic acid groups (broad SMARTS) is 1. The van der Waals surface area contributed by atoms with Crippen LogP contribution < -0.4 is 10.2 Å². The van der Waals surface area contributed by atoms with E-state index in [-0.39, 0.29) is 18.2 Å². The number of carbonyl (C=O) groups is 3. The van der Waals surface area contributed by atoms with Crippen LogP contribution >= 0.6 is 0 Å². The molecule has 1 aliphatic heterocycles. The molecule has 28 heavy (non-hydrogen) atoms. The molecule has 0 bridgehead atoms. The standard InChI is InChI=1S/C22H24N2O4/c1-14-4-10-18(11-5-14)24-13-15(12-19(24)25)20(26)23-17-8-6-16(7-9-17)22(2,3)21(27)28/h4-11,15H,12-13H2,1-3H3,(H,23,26)(H,27,28). The van der Waals surface area contributed by atoms with Crippen LogP contribution in [0.15, 0.2) is 48.5 Å². The summed E-state index contributed by atoms with van der Waals surface area (Å²) in [7, 11) is 0. The van der Waals surface area contributed by atoms with E-state index in [2.05, 4.69) is 5.32 Å². The number of carbonyl (C=O) groups excluding carboxylic acids is 2. The summed E-state index contributed by atoms with van der Waals surface area (Å²) in [4.78, 5) is 37.9. The van der Waals surface area contributed by atoms with Gasteiger partial charge >= 0.3 is 5.97 Å². The van der Waals surface area contributed by atoms with Crippen LogP contribution in [0.25, 0.3) is 0 Å². The maximum atomic E-state index is 12.6. The summed E-state index contributed by atoms with van der Waals surface area (Å²) >= 11 is 0. The van der Waals surface area contributed by atoms with Crippen molar-refractivity contribution < 1.29 is 19.5 Å². The van der Waals surface area contributed by atoms with E-state index in [4.69, 9.17) is 0 Å². The van der Waals surface area contributed by atoms with E-state index in [0.29, 0.717) is 17.8 Å². The summed E-state index contributed by atoms with van der Waals surface area (Å²) in [6, 6.07) is 14.4. The van der Waals surface area contributed by atoms with Gasteiger partial charge in [0.15, 0.2) is 0 Å². The number of carboxylic acids is 1. The van der Waals surface area contributed by atoms with E-state index < -0.39 is 17.3 Å². The fourth-order valence-electron chi connectivity index (χ4n) is 3.20. The highest BCUT2D eigenvalue weighted by molar-refractivity contribution is 6.03. The molecule has 1 fully saturated rings. The summed E-state index contributed by atoms with van der Waals surface area (Å²) < 4.78 is 0. The second-order valence-electron chi connectivity index (χ2n) is 7.74. The molecule has 146 valence electrons. The SMILES string of the molecule is Cc1ccc(N2CC(C(=O)Nc3ccc(C(C)(C)C(=O)O)cc3)CC2=O)cc1. The Hall–Kier alpha value is -3.15. The van der Waals surface area contributed by atoms with E-state index in [1.54, 1.807) is 43.0 Å². The number of benzene rings is 2. The number of nitrogens with zero attached hydrogens (tertiary/aromatic N) is 1. The first-order valence-corrected chi connectivity index (χ1v) is 9.20. The van der Waals surface area contributed by atoms with E-state index in [0.717, 1.165) is 11.3 Å². The lowest BCUT2D eigenvalue weighted by molar-refractivity contribution is -0.142. The van der Waals surface area contributed by atoms with Gasteiger partial charge in [-0.2, -0.15) is 0 Å². The average molecular weight is 380 g/mol. The first-order chi connectivity index (χ1) is 13.2. The molecular formula is C22H24N2O4. The third-order valence-electron chi connectivity index (χ3n) is 5.25. The molecule has 6 nitrogen and oxygen atoms in total. The molecule has 1 saturated heterocycles. The number of anilines is 2. The lowest BCUT2D eigenvalue weighted by Gasteiger charge is -2.20. The van der Waals surface area contributed by atoms with E-state index in [9.17, 15) is 19.5 Å². The lowest BCUT2D eigenvalue weighted by atomic mass is 9.85. The van der Waals surface area contributed by atoms with Gasteiger partial charge in [-0.3, -0.25) is 14.4 Å². The Labute approximate surface area is 164 Å². The minimum atomic E-state index is -1.01. The molecular weight excluding hydrogens is 356 g/mol. The van der Waals surface area contributed by atoms with E-state index in [1.807, 2.05) is 31.2 Å². The number of aryl methyl sites for hydroxylation is 1. The predicted octanol–water partition coefficient (Wildman–Crippen LogP) is 3.35. The molecule has 0 radical (unpaired) electrons. The van der Waals surface area contributed by atoms with Gasteiger partial charge in [-0.15, -0.1) is 0 Å². The Morgan fingerprint density at radius 2 is 1.68 bits per heavy atom. The highest BCUT2D eigenvalue weighted by atomic mass is 16.4. The molecule has 1 atom stereocenters. The van der Waals surface area contributed by atoms with Crippen LogP contribution in [-0.4, -0.2) is 29.4 Å². The van der Waals surface area contributed by atoms with E-state index >= 15 is 0 Å². The zero-order valence-electron chi connectivity index (χ0n) is 16.2. The maximum Gasteiger partial charge on any atom is 0.313 e. The minimum absolute atomic E-state index is 0.0671. The fraction of sp³-hybridized carbons (Fsp3) is 0.318. The first-order valence-electron chi connectivity index (χ1n) is 9.20. The zero-order valence-corrected chi connectivity index (χ0v) is 16.2. The minimum Gasteiger partial charge on any atom is -0.481 e. The largest absolute Gasteiger partial charge is 0.481 e. The lowest BCUT2D eigenvalue weighted by Crippen LogP contribution is -2.29. The number of rotatable bonds is 5. The number of aliphatic carboxylic acids is 1. The Morgan fingerprint density at radius 3 is 2.25 bits per heavy atom. The van der Waals surface area contributed by atoms with Crippen LogP contribution in [0.5, 0.6) is 0 Å². The van der Waals surface area contributed by atoms with Crippen molar-refractivity contribution in [3.63, 3.8) is 0 Å². The zero-order chi connectivity index (χ0) is 20.5. The second kappa shape index (κ2) is 7.46. The summed E-state index contributed by atoms with van der Waals surface area (Å²) in [6.45, 7) is 5.59. The molecule has 1 unspecified atom stereocenters. The molecule has 2 amide bonds. The highest BCUT2D eigenvalue weighted by Crippen LogP contribution is 2.28. The van der Waals surface area contributed by atoms with Crippen molar-refractivity contribution in [1.29, 1.82) is 0 Å². The number of hydrogen-bond acceptors (Lipinski definition) is 3. The second-order valence-corrected chi connectivity index (χ2v) is 7.74. The van der Waals surface area contributed by atoms with Crippen LogP contribution in [0.1, 0.15) is 31.4 Å². The molecule has 6 heteroatoms. The Bertz CT molecular complexity index is 901. The van der Waals surface area contributed by atoms with Crippen molar-refractivity contribution in [2.75, 3.05) is 16.8 Å². The van der Waals surface area contributed by atoms with Gasteiger partial charge in [-0.25, -0.2) is 0 Å². The van der Waals surface area contributed by atoms with Crippen molar-refractivity contribution in [2.45, 2.75) is 32.6 Å². The molecule has 3 rings (SSSR count). The Balaban J connectivity index is 1.66. The molecule has 0 aliphatic carbocycles. The van der Waals surface area contributed by atoms with Crippen molar-refractivity contribution in [2.24, 2.45) is 5.92 Å². The molecule has 0 spiro atoms. The van der Waals surface area contributed by atoms with Gasteiger partial charge in [0.1, 0.15) is 0 Å². The van der Waals surface area contributed by atoms with Gasteiger partial charge in [0.25, 0.3) is 0 Å². The number of amides is 2. The van der Waals surface area contributed by atoms with Crippen molar-refractivity contribution >= 4 is 29.2 Å². The molecule has 2 aromatic carbocycles. The smallest absolute Gasteiger partial charge is 0.313 e. The summed E-state index contributed by atoms with van der Waals surface area (Å²) in [5, 5.41) is 12.1. The third-order valence-corrected chi connectivity index (χ3v) is 5.25. The Kier molecular flexibility index (Phi) is 5.23. The van der Waals surface area contributed by atoms with E-state index in [1.165, 1.54) is 0 Å². The number of hydrogen-bond donors (Lipinski definition) is 2. The molecule has 0 aromatic heterocycles. The predicted molar refractivity (Wildman–Crippen MR) is 107 cm³/mol. The highest BCUT2D eigenvalue weighted by Gasteiger charge is 2.35. The quantitative estimate of drug-likeness (QED) is 0.833. The molecule has 1 heterocycles. The maximum absolute atomic E-state index is 12.6. The van der Waals surface area contributed by atoms with Gasteiger partial charge < -0.3 is 15.3 Å². The van der Waals surface area contributed by atoms with Gasteiger partial charge in [0.2, 0.25) is 11.8 Å². The molecule has 1 aliphatic rings. The van der Waals surface area contributed by atoms with Gasteiger partial charge in [0, 0.05) is 24.3 Å². The van der Waals surface area contributed by atoms with Gasteiger partial charge in [-0.1, -0.05) is 29.8 Å². The van der Waals surface area contributed by atoms with Crippen LogP contribution in [0.2, 0.25) is 0 Å². The topological polar surface area (TPSA) is 86.7 Å². The Morgan fingerprint density at radius 1 is 1.07 bits per heavy atom. The van der Waals surface area contributed by atoms with Gasteiger partial charge in [-0.05, 0) is 50.6 Å². The van der Waals surface area contributed by atoms with Crippen LogP contribution in [-0.2, 0) is 19.8 Å².